The van der Waals surface area contributed by atoms with Gasteiger partial charge in [-0.3, -0.25) is 9.80 Å². The molecular weight excluding hydrogens is 395 g/mol. The first kappa shape index (κ1) is 20.0. The summed E-state index contributed by atoms with van der Waals surface area (Å²) in [5.41, 5.74) is 0.940. The highest BCUT2D eigenvalue weighted by Gasteiger charge is 2.37. The van der Waals surface area contributed by atoms with Crippen molar-refractivity contribution >= 4 is 23.4 Å². The van der Waals surface area contributed by atoms with Crippen molar-refractivity contribution in [3.05, 3.63) is 58.9 Å². The van der Waals surface area contributed by atoms with Gasteiger partial charge >= 0.3 is 6.09 Å². The molecule has 5 rings (SSSR count). The molecule has 3 saturated heterocycles. The van der Waals surface area contributed by atoms with Crippen LogP contribution in [0.5, 0.6) is 5.75 Å². The lowest BCUT2D eigenvalue weighted by molar-refractivity contribution is -0.0311. The van der Waals surface area contributed by atoms with Gasteiger partial charge in [0.1, 0.15) is 17.7 Å². The summed E-state index contributed by atoms with van der Waals surface area (Å²) < 4.78 is 25.5. The number of benzene rings is 2. The van der Waals surface area contributed by atoms with E-state index in [2.05, 4.69) is 4.90 Å². The molecule has 2 aromatic carbocycles. The normalized spacial score (nSPS) is 22.9. The number of anilines is 1. The predicted molar refractivity (Wildman–Crippen MR) is 110 cm³/mol. The van der Waals surface area contributed by atoms with Crippen molar-refractivity contribution in [3.8, 4) is 5.75 Å². The highest BCUT2D eigenvalue weighted by molar-refractivity contribution is 6.30. The molecule has 5 nitrogen and oxygen atoms in total. The number of piperidine rings is 3. The van der Waals surface area contributed by atoms with Crippen molar-refractivity contribution < 1.29 is 18.7 Å². The van der Waals surface area contributed by atoms with Gasteiger partial charge < -0.3 is 9.47 Å². The minimum absolute atomic E-state index is 0.0378. The molecule has 3 fully saturated rings. The van der Waals surface area contributed by atoms with Crippen LogP contribution in [0, 0.1) is 11.7 Å². The summed E-state index contributed by atoms with van der Waals surface area (Å²) in [4.78, 5) is 16.9. The molecule has 0 spiro atoms. The smallest absolute Gasteiger partial charge is 0.414 e. The third-order valence-electron chi connectivity index (χ3n) is 5.78. The van der Waals surface area contributed by atoms with Crippen molar-refractivity contribution in [1.29, 1.82) is 0 Å². The average Bonchev–Trinajstić information content (AvgIpc) is 2.73. The van der Waals surface area contributed by atoms with Crippen molar-refractivity contribution in [2.45, 2.75) is 25.5 Å². The lowest BCUT2D eigenvalue weighted by atomic mass is 9.86. The van der Waals surface area contributed by atoms with E-state index in [9.17, 15) is 9.18 Å². The zero-order valence-electron chi connectivity index (χ0n) is 16.3. The van der Waals surface area contributed by atoms with Crippen LogP contribution in [-0.2, 0) is 11.3 Å². The van der Waals surface area contributed by atoms with Gasteiger partial charge in [-0.15, -0.1) is 0 Å². The number of nitrogens with zero attached hydrogens (tertiary/aromatic N) is 2. The topological polar surface area (TPSA) is 42.0 Å². The Morgan fingerprint density at radius 2 is 2.03 bits per heavy atom. The molecule has 3 aliphatic rings. The van der Waals surface area contributed by atoms with Crippen LogP contribution in [-0.4, -0.2) is 43.8 Å². The third-order valence-corrected chi connectivity index (χ3v) is 6.01. The van der Waals surface area contributed by atoms with Crippen LogP contribution in [0.15, 0.2) is 42.5 Å². The largest absolute Gasteiger partial charge is 0.497 e. The van der Waals surface area contributed by atoms with E-state index in [1.807, 2.05) is 0 Å². The first-order valence-electron chi connectivity index (χ1n) is 9.82. The fourth-order valence-electron chi connectivity index (χ4n) is 4.10. The Balaban J connectivity index is 1.57. The monoisotopic (exact) mass is 418 g/mol. The summed E-state index contributed by atoms with van der Waals surface area (Å²) in [6.45, 7) is 2.92. The number of hydrogen-bond acceptors (Lipinski definition) is 4. The van der Waals surface area contributed by atoms with Crippen LogP contribution in [0.3, 0.4) is 0 Å². The number of carbonyl (C=O) groups is 1. The number of methoxy groups -OCH3 is 1. The molecule has 7 heteroatoms. The van der Waals surface area contributed by atoms with E-state index >= 15 is 0 Å². The van der Waals surface area contributed by atoms with Gasteiger partial charge in [0.2, 0.25) is 0 Å². The number of carbonyl (C=O) groups excluding carboxylic acids is 1. The van der Waals surface area contributed by atoms with Crippen LogP contribution < -0.4 is 9.64 Å². The molecule has 1 unspecified atom stereocenters. The number of fused-ring (bicyclic) bond motifs is 3. The molecule has 1 amide bonds. The fraction of sp³-hybridized carbons (Fsp3) is 0.409. The Kier molecular flexibility index (Phi) is 5.92. The van der Waals surface area contributed by atoms with Gasteiger partial charge in [0.25, 0.3) is 0 Å². The maximum Gasteiger partial charge on any atom is 0.414 e. The quantitative estimate of drug-likeness (QED) is 0.704. The van der Waals surface area contributed by atoms with Gasteiger partial charge in [-0.1, -0.05) is 23.7 Å². The maximum atomic E-state index is 14.5. The molecule has 0 saturated carbocycles. The summed E-state index contributed by atoms with van der Waals surface area (Å²) in [6.07, 6.45) is 1.47. The molecule has 29 heavy (non-hydrogen) atoms. The van der Waals surface area contributed by atoms with Crippen LogP contribution >= 0.6 is 11.6 Å². The van der Waals surface area contributed by atoms with Gasteiger partial charge in [-0.05, 0) is 56.1 Å². The average molecular weight is 419 g/mol. The second-order valence-corrected chi connectivity index (χ2v) is 8.02. The number of rotatable bonds is 5. The summed E-state index contributed by atoms with van der Waals surface area (Å²) in [7, 11) is 1.48. The van der Waals surface area contributed by atoms with Crippen molar-refractivity contribution in [2.75, 3.05) is 31.6 Å². The van der Waals surface area contributed by atoms with E-state index in [1.165, 1.54) is 18.1 Å². The van der Waals surface area contributed by atoms with Crippen LogP contribution in [0.4, 0.5) is 14.9 Å². The molecule has 154 valence electrons. The number of hydrogen-bond donors (Lipinski definition) is 0. The molecule has 0 aromatic heterocycles. The summed E-state index contributed by atoms with van der Waals surface area (Å²) in [5, 5.41) is 0.498. The molecule has 2 aromatic rings. The molecule has 3 heterocycles. The number of halogens is 2. The fourth-order valence-corrected chi connectivity index (χ4v) is 4.28. The lowest BCUT2D eigenvalue weighted by Crippen LogP contribution is -2.53. The van der Waals surface area contributed by atoms with Gasteiger partial charge in [0, 0.05) is 28.9 Å². The minimum atomic E-state index is -0.485. The molecule has 2 bridgehead atoms. The van der Waals surface area contributed by atoms with Gasteiger partial charge in [0.05, 0.1) is 13.7 Å². The lowest BCUT2D eigenvalue weighted by Gasteiger charge is -2.44. The number of amides is 1. The van der Waals surface area contributed by atoms with Gasteiger partial charge in [0.15, 0.2) is 0 Å². The van der Waals surface area contributed by atoms with E-state index in [0.29, 0.717) is 27.9 Å². The first-order valence-corrected chi connectivity index (χ1v) is 10.2. The van der Waals surface area contributed by atoms with E-state index in [-0.39, 0.29) is 12.6 Å². The Hall–Kier alpha value is -2.31. The van der Waals surface area contributed by atoms with Gasteiger partial charge in [-0.2, -0.15) is 0 Å². The predicted octanol–water partition coefficient (Wildman–Crippen LogP) is 4.73. The summed E-state index contributed by atoms with van der Waals surface area (Å²) >= 11 is 6.13. The minimum Gasteiger partial charge on any atom is -0.497 e. The second-order valence-electron chi connectivity index (χ2n) is 7.58. The van der Waals surface area contributed by atoms with Crippen molar-refractivity contribution in [2.24, 2.45) is 5.92 Å². The standard InChI is InChI=1S/C22H24ClFN2O3/c1-28-19-6-5-16(20(24)12-19)13-26(18-4-2-3-17(23)11-18)22(27)29-21-14-25-9-7-15(21)8-10-25/h2-6,11-12,15,21H,7-10,13-14H2,1H3. The molecule has 1 atom stereocenters. The SMILES string of the molecule is COc1ccc(CN(C(=O)OC2CN3CCC2CC3)c2cccc(Cl)c2)c(F)c1. The van der Waals surface area contributed by atoms with Crippen LogP contribution in [0.25, 0.3) is 0 Å². The van der Waals surface area contributed by atoms with Crippen LogP contribution in [0.1, 0.15) is 18.4 Å². The highest BCUT2D eigenvalue weighted by atomic mass is 35.5. The Morgan fingerprint density at radius 1 is 1.24 bits per heavy atom. The molecule has 0 aliphatic carbocycles. The Labute approximate surface area is 175 Å². The van der Waals surface area contributed by atoms with Gasteiger partial charge in [-0.25, -0.2) is 9.18 Å². The van der Waals surface area contributed by atoms with E-state index < -0.39 is 11.9 Å². The maximum absolute atomic E-state index is 14.5. The van der Waals surface area contributed by atoms with Crippen LogP contribution in [0.2, 0.25) is 5.02 Å². The van der Waals surface area contributed by atoms with E-state index in [0.717, 1.165) is 32.5 Å². The number of ether oxygens (including phenoxy) is 2. The Morgan fingerprint density at radius 3 is 2.66 bits per heavy atom. The van der Waals surface area contributed by atoms with E-state index in [4.69, 9.17) is 21.1 Å². The molecule has 3 aliphatic heterocycles. The molecule has 0 N–H and O–H groups in total. The van der Waals surface area contributed by atoms with E-state index in [1.54, 1.807) is 36.4 Å². The molecular formula is C22H24ClFN2O3. The summed E-state index contributed by atoms with van der Waals surface area (Å²) in [5.74, 6) is 0.380. The van der Waals surface area contributed by atoms with Crippen molar-refractivity contribution in [3.63, 3.8) is 0 Å². The van der Waals surface area contributed by atoms with Crippen molar-refractivity contribution in [1.82, 2.24) is 4.90 Å². The zero-order valence-corrected chi connectivity index (χ0v) is 17.1. The zero-order chi connectivity index (χ0) is 20.4. The second kappa shape index (κ2) is 8.59. The Bertz CT molecular complexity index is 886. The first-order chi connectivity index (χ1) is 14.0. The molecule has 0 radical (unpaired) electrons. The third kappa shape index (κ3) is 4.49. The summed E-state index contributed by atoms with van der Waals surface area (Å²) in [6, 6.07) is 11.5. The highest BCUT2D eigenvalue weighted by Crippen LogP contribution is 2.31.